The highest BCUT2D eigenvalue weighted by atomic mass is 19.1. The maximum absolute atomic E-state index is 15.1. The van der Waals surface area contributed by atoms with Gasteiger partial charge in [-0.2, -0.15) is 5.10 Å². The van der Waals surface area contributed by atoms with Crippen molar-refractivity contribution in [3.8, 4) is 17.0 Å². The molecule has 1 aliphatic rings. The van der Waals surface area contributed by atoms with Crippen molar-refractivity contribution in [1.29, 1.82) is 0 Å². The second kappa shape index (κ2) is 7.50. The van der Waals surface area contributed by atoms with Crippen LogP contribution in [0.3, 0.4) is 0 Å². The van der Waals surface area contributed by atoms with Crippen LogP contribution in [0.2, 0.25) is 0 Å². The van der Waals surface area contributed by atoms with Crippen LogP contribution in [0.1, 0.15) is 10.4 Å². The lowest BCUT2D eigenvalue weighted by molar-refractivity contribution is 0.0704. The summed E-state index contributed by atoms with van der Waals surface area (Å²) in [5.41, 5.74) is 1.41. The number of halogens is 1. The van der Waals surface area contributed by atoms with Crippen molar-refractivity contribution in [3.63, 3.8) is 0 Å². The predicted molar refractivity (Wildman–Crippen MR) is 105 cm³/mol. The van der Waals surface area contributed by atoms with Gasteiger partial charge in [-0.1, -0.05) is 0 Å². The van der Waals surface area contributed by atoms with Crippen LogP contribution < -0.4 is 9.64 Å². The van der Waals surface area contributed by atoms with Gasteiger partial charge >= 0.3 is 0 Å². The molecular formula is C20H21FN6O2. The molecule has 29 heavy (non-hydrogen) atoms. The van der Waals surface area contributed by atoms with E-state index in [1.54, 1.807) is 67.4 Å². The molecule has 9 heteroatoms. The third kappa shape index (κ3) is 3.51. The number of aryl methyl sites for hydroxylation is 1. The molecule has 1 amide bonds. The number of carbonyl (C=O) groups is 1. The Bertz CT molecular complexity index is 1030. The molecule has 0 aliphatic carbocycles. The first-order chi connectivity index (χ1) is 14.0. The quantitative estimate of drug-likeness (QED) is 0.657. The molecule has 0 spiro atoms. The number of aromatic nitrogens is 4. The van der Waals surface area contributed by atoms with E-state index in [1.165, 1.54) is 6.33 Å². The number of hydrogen-bond donors (Lipinski definition) is 0. The van der Waals surface area contributed by atoms with Gasteiger partial charge in [-0.05, 0) is 24.3 Å². The summed E-state index contributed by atoms with van der Waals surface area (Å²) in [6.45, 7) is 0.997. The van der Waals surface area contributed by atoms with Crippen LogP contribution in [0.25, 0.3) is 11.3 Å². The second-order valence-corrected chi connectivity index (χ2v) is 6.97. The van der Waals surface area contributed by atoms with Crippen LogP contribution in [-0.2, 0) is 7.05 Å². The summed E-state index contributed by atoms with van der Waals surface area (Å²) >= 11 is 0. The third-order valence-corrected chi connectivity index (χ3v) is 5.12. The summed E-state index contributed by atoms with van der Waals surface area (Å²) in [6, 6.07) is 7.01. The number of ether oxygens (including phenoxy) is 1. The zero-order chi connectivity index (χ0) is 20.5. The maximum atomic E-state index is 15.1. The molecule has 1 fully saturated rings. The molecule has 0 bridgehead atoms. The normalized spacial score (nSPS) is 13.9. The number of likely N-dealkylation sites (N-methyl/N-ethyl adjacent to an activating group) is 1. The third-order valence-electron chi connectivity index (χ3n) is 5.12. The van der Waals surface area contributed by atoms with Gasteiger partial charge in [0.2, 0.25) is 0 Å². The first-order valence-electron chi connectivity index (χ1n) is 9.13. The average Bonchev–Trinajstić information content (AvgIpc) is 3.14. The van der Waals surface area contributed by atoms with Crippen LogP contribution in [0, 0.1) is 5.82 Å². The fraction of sp³-hybridized carbons (Fsp3) is 0.300. The van der Waals surface area contributed by atoms with Gasteiger partial charge in [0.1, 0.15) is 17.8 Å². The van der Waals surface area contributed by atoms with Gasteiger partial charge in [-0.3, -0.25) is 9.48 Å². The standard InChI is InChI=1S/C20H21FN6O2/c1-25-9-14(8-24-25)20(28)26(2)15-10-27(11-15)19-17(21)18(22-12-23-19)13-4-6-16(29-3)7-5-13/h4-9,12,15H,10-11H2,1-3H3. The van der Waals surface area contributed by atoms with E-state index >= 15 is 4.39 Å². The van der Waals surface area contributed by atoms with Crippen molar-refractivity contribution in [2.75, 3.05) is 32.1 Å². The molecule has 3 aromatic rings. The summed E-state index contributed by atoms with van der Waals surface area (Å²) in [5, 5.41) is 4.03. The molecular weight excluding hydrogens is 375 g/mol. The number of methoxy groups -OCH3 is 1. The Hall–Kier alpha value is -3.49. The monoisotopic (exact) mass is 396 g/mol. The zero-order valence-corrected chi connectivity index (χ0v) is 16.4. The highest BCUT2D eigenvalue weighted by Gasteiger charge is 2.35. The summed E-state index contributed by atoms with van der Waals surface area (Å²) < 4.78 is 21.8. The molecule has 0 N–H and O–H groups in total. The first kappa shape index (κ1) is 18.9. The van der Waals surface area contributed by atoms with Crippen LogP contribution in [0.5, 0.6) is 5.75 Å². The smallest absolute Gasteiger partial charge is 0.257 e. The number of carbonyl (C=O) groups excluding carboxylic acids is 1. The Balaban J connectivity index is 1.47. The average molecular weight is 396 g/mol. The number of amides is 1. The lowest BCUT2D eigenvalue weighted by atomic mass is 10.1. The molecule has 150 valence electrons. The second-order valence-electron chi connectivity index (χ2n) is 6.97. The van der Waals surface area contributed by atoms with Gasteiger partial charge < -0.3 is 14.5 Å². The number of benzene rings is 1. The maximum Gasteiger partial charge on any atom is 0.257 e. The Labute approximate surface area is 167 Å². The molecule has 0 radical (unpaired) electrons. The molecule has 1 aromatic carbocycles. The summed E-state index contributed by atoms with van der Waals surface area (Å²) in [5.74, 6) is 0.349. The lowest BCUT2D eigenvalue weighted by Gasteiger charge is -2.44. The van der Waals surface area contributed by atoms with E-state index in [-0.39, 0.29) is 23.5 Å². The topological polar surface area (TPSA) is 76.4 Å². The zero-order valence-electron chi connectivity index (χ0n) is 16.4. The van der Waals surface area contributed by atoms with Crippen molar-refractivity contribution in [1.82, 2.24) is 24.6 Å². The molecule has 0 atom stereocenters. The minimum atomic E-state index is -0.475. The Morgan fingerprint density at radius 1 is 1.24 bits per heavy atom. The first-order valence-corrected chi connectivity index (χ1v) is 9.13. The Kier molecular flexibility index (Phi) is 4.87. The molecule has 0 saturated carbocycles. The van der Waals surface area contributed by atoms with E-state index in [0.29, 0.717) is 30.0 Å². The molecule has 4 rings (SSSR count). The largest absolute Gasteiger partial charge is 0.497 e. The minimum absolute atomic E-state index is 0.0264. The van der Waals surface area contributed by atoms with Crippen molar-refractivity contribution in [2.24, 2.45) is 7.05 Å². The van der Waals surface area contributed by atoms with E-state index in [2.05, 4.69) is 15.1 Å². The molecule has 1 aliphatic heterocycles. The van der Waals surface area contributed by atoms with Crippen LogP contribution in [0.4, 0.5) is 10.2 Å². The van der Waals surface area contributed by atoms with E-state index in [0.717, 1.165) is 0 Å². The molecule has 2 aromatic heterocycles. The molecule has 8 nitrogen and oxygen atoms in total. The summed E-state index contributed by atoms with van der Waals surface area (Å²) in [4.78, 5) is 24.2. The number of anilines is 1. The lowest BCUT2D eigenvalue weighted by Crippen LogP contribution is -2.60. The van der Waals surface area contributed by atoms with Crippen molar-refractivity contribution >= 4 is 11.7 Å². The number of hydrogen-bond acceptors (Lipinski definition) is 6. The van der Waals surface area contributed by atoms with E-state index in [9.17, 15) is 4.79 Å². The van der Waals surface area contributed by atoms with Gasteiger partial charge in [0.05, 0.1) is 24.9 Å². The van der Waals surface area contributed by atoms with E-state index < -0.39 is 5.82 Å². The fourth-order valence-corrected chi connectivity index (χ4v) is 3.31. The van der Waals surface area contributed by atoms with Gasteiger partial charge in [-0.15, -0.1) is 0 Å². The SMILES string of the molecule is COc1ccc(-c2ncnc(N3CC(N(C)C(=O)c4cnn(C)c4)C3)c2F)cc1. The fourth-order valence-electron chi connectivity index (χ4n) is 3.31. The minimum Gasteiger partial charge on any atom is -0.497 e. The summed E-state index contributed by atoms with van der Waals surface area (Å²) in [7, 11) is 5.09. The van der Waals surface area contributed by atoms with Crippen LogP contribution in [-0.4, -0.2) is 63.8 Å². The number of rotatable bonds is 5. The van der Waals surface area contributed by atoms with E-state index in [4.69, 9.17) is 4.74 Å². The Morgan fingerprint density at radius 2 is 1.97 bits per heavy atom. The van der Waals surface area contributed by atoms with Crippen LogP contribution >= 0.6 is 0 Å². The Morgan fingerprint density at radius 3 is 2.59 bits per heavy atom. The molecule has 0 unspecified atom stereocenters. The van der Waals surface area contributed by atoms with Gasteiger partial charge in [-0.25, -0.2) is 14.4 Å². The van der Waals surface area contributed by atoms with Gasteiger partial charge in [0.25, 0.3) is 5.91 Å². The predicted octanol–water partition coefficient (Wildman–Crippen LogP) is 1.99. The number of nitrogens with zero attached hydrogens (tertiary/aromatic N) is 6. The van der Waals surface area contributed by atoms with Crippen molar-refractivity contribution in [2.45, 2.75) is 6.04 Å². The van der Waals surface area contributed by atoms with Gasteiger partial charge in [0.15, 0.2) is 11.6 Å². The van der Waals surface area contributed by atoms with Crippen molar-refractivity contribution < 1.29 is 13.9 Å². The molecule has 3 heterocycles. The van der Waals surface area contributed by atoms with Crippen LogP contribution in [0.15, 0.2) is 43.0 Å². The summed E-state index contributed by atoms with van der Waals surface area (Å²) in [6.07, 6.45) is 4.58. The van der Waals surface area contributed by atoms with E-state index in [1.807, 2.05) is 4.90 Å². The van der Waals surface area contributed by atoms with Gasteiger partial charge in [0, 0.05) is 38.9 Å². The molecule has 1 saturated heterocycles. The highest BCUT2D eigenvalue weighted by molar-refractivity contribution is 5.94. The highest BCUT2D eigenvalue weighted by Crippen LogP contribution is 2.30. The van der Waals surface area contributed by atoms with Crippen molar-refractivity contribution in [3.05, 3.63) is 54.4 Å².